The van der Waals surface area contributed by atoms with Crippen LogP contribution in [0.15, 0.2) is 40.8 Å². The summed E-state index contributed by atoms with van der Waals surface area (Å²) in [5, 5.41) is 3.47. The minimum Gasteiger partial charge on any atom is -0.493 e. The normalized spacial score (nSPS) is 19.7. The first kappa shape index (κ1) is 22.4. The van der Waals surface area contributed by atoms with Gasteiger partial charge < -0.3 is 24.1 Å². The summed E-state index contributed by atoms with van der Waals surface area (Å²) in [5.41, 5.74) is 1.92. The van der Waals surface area contributed by atoms with Crippen LogP contribution in [-0.4, -0.2) is 54.9 Å². The van der Waals surface area contributed by atoms with Gasteiger partial charge in [-0.1, -0.05) is 23.7 Å². The lowest BCUT2D eigenvalue weighted by molar-refractivity contribution is -0.0387. The third kappa shape index (κ3) is 4.52. The topological polar surface area (TPSA) is 76.8 Å². The molecule has 0 aliphatic carbocycles. The van der Waals surface area contributed by atoms with E-state index in [9.17, 15) is 9.18 Å². The molecule has 3 aromatic rings. The van der Waals surface area contributed by atoms with Crippen LogP contribution in [0.1, 0.15) is 35.8 Å². The molecule has 1 unspecified atom stereocenters. The maximum Gasteiger partial charge on any atom is 0.296 e. The second kappa shape index (κ2) is 9.34. The number of morpholine rings is 1. The van der Waals surface area contributed by atoms with Crippen molar-refractivity contribution in [1.29, 1.82) is 0 Å². The smallest absolute Gasteiger partial charge is 0.296 e. The number of carbonyl (C=O) groups is 1. The van der Waals surface area contributed by atoms with Gasteiger partial charge in [-0.15, -0.1) is 0 Å². The molecule has 9 heteroatoms. The average molecular weight is 462 g/mol. The second-order valence-electron chi connectivity index (χ2n) is 7.90. The molecule has 1 saturated heterocycles. The van der Waals surface area contributed by atoms with Crippen LogP contribution in [0, 0.1) is 0 Å². The van der Waals surface area contributed by atoms with Crippen molar-refractivity contribution >= 4 is 34.6 Å². The van der Waals surface area contributed by atoms with Gasteiger partial charge in [0, 0.05) is 17.1 Å². The molecule has 0 saturated carbocycles. The molecule has 1 amide bonds. The fourth-order valence-electron chi connectivity index (χ4n) is 3.77. The van der Waals surface area contributed by atoms with Gasteiger partial charge in [0.15, 0.2) is 11.3 Å². The van der Waals surface area contributed by atoms with Crippen LogP contribution in [0.25, 0.3) is 11.1 Å². The van der Waals surface area contributed by atoms with E-state index in [0.717, 1.165) is 0 Å². The van der Waals surface area contributed by atoms with Crippen LogP contribution >= 0.6 is 11.6 Å². The lowest BCUT2D eigenvalue weighted by atomic mass is 10.1. The third-order valence-corrected chi connectivity index (χ3v) is 5.73. The van der Waals surface area contributed by atoms with Crippen molar-refractivity contribution < 1.29 is 23.1 Å². The van der Waals surface area contributed by atoms with Gasteiger partial charge in [-0.05, 0) is 43.7 Å². The van der Waals surface area contributed by atoms with Gasteiger partial charge in [0.05, 0.1) is 31.9 Å². The molecular weight excluding hydrogens is 437 g/mol. The van der Waals surface area contributed by atoms with Crippen molar-refractivity contribution in [3.63, 3.8) is 0 Å². The fourth-order valence-corrected chi connectivity index (χ4v) is 3.97. The van der Waals surface area contributed by atoms with E-state index in [1.165, 1.54) is 7.11 Å². The van der Waals surface area contributed by atoms with Crippen LogP contribution in [0.4, 0.5) is 10.4 Å². The van der Waals surface area contributed by atoms with E-state index in [1.807, 2.05) is 13.8 Å². The van der Waals surface area contributed by atoms with Crippen molar-refractivity contribution in [3.05, 3.63) is 52.5 Å². The molecule has 170 valence electrons. The highest BCUT2D eigenvalue weighted by atomic mass is 35.5. The second-order valence-corrected chi connectivity index (χ2v) is 8.34. The summed E-state index contributed by atoms with van der Waals surface area (Å²) in [6, 6.07) is 9.61. The van der Waals surface area contributed by atoms with Crippen molar-refractivity contribution in [1.82, 2.24) is 9.88 Å². The monoisotopic (exact) mass is 461 g/mol. The van der Waals surface area contributed by atoms with E-state index in [2.05, 4.69) is 10.3 Å². The number of carbonyl (C=O) groups excluding carboxylic acids is 1. The summed E-state index contributed by atoms with van der Waals surface area (Å²) in [6.45, 7) is 4.19. The molecule has 7 nitrogen and oxygen atoms in total. The summed E-state index contributed by atoms with van der Waals surface area (Å²) in [7, 11) is 1.49. The molecule has 32 heavy (non-hydrogen) atoms. The Morgan fingerprint density at radius 2 is 2.19 bits per heavy atom. The van der Waals surface area contributed by atoms with E-state index < -0.39 is 12.7 Å². The lowest BCUT2D eigenvalue weighted by Crippen LogP contribution is -2.50. The van der Waals surface area contributed by atoms with E-state index >= 15 is 0 Å². The Morgan fingerprint density at radius 3 is 2.91 bits per heavy atom. The quantitative estimate of drug-likeness (QED) is 0.564. The SMILES string of the molecule is COc1cc(C(=O)N2CC(C)OC[C@H]2C)cc2nc(N[C@@H](CF)c3cccc(Cl)c3)oc12. The van der Waals surface area contributed by atoms with Gasteiger partial charge >= 0.3 is 0 Å². The maximum atomic E-state index is 13.7. The molecule has 1 N–H and O–H groups in total. The van der Waals surface area contributed by atoms with Crippen molar-refractivity contribution in [2.75, 3.05) is 32.3 Å². The van der Waals surface area contributed by atoms with Crippen molar-refractivity contribution in [2.24, 2.45) is 0 Å². The van der Waals surface area contributed by atoms with Gasteiger partial charge in [-0.2, -0.15) is 4.98 Å². The molecule has 0 spiro atoms. The Bertz CT molecular complexity index is 1120. The summed E-state index contributed by atoms with van der Waals surface area (Å²) in [4.78, 5) is 19.4. The number of oxazole rings is 1. The first-order chi connectivity index (χ1) is 15.4. The number of methoxy groups -OCH3 is 1. The zero-order valence-corrected chi connectivity index (χ0v) is 18.9. The summed E-state index contributed by atoms with van der Waals surface area (Å²) in [5.74, 6) is 0.242. The Balaban J connectivity index is 1.64. The molecule has 2 aromatic carbocycles. The molecule has 0 bridgehead atoms. The number of hydrogen-bond donors (Lipinski definition) is 1. The number of ether oxygens (including phenoxy) is 2. The number of amides is 1. The summed E-state index contributed by atoms with van der Waals surface area (Å²) < 4.78 is 30.6. The number of rotatable bonds is 6. The molecule has 2 heterocycles. The van der Waals surface area contributed by atoms with Crippen LogP contribution in [0.2, 0.25) is 5.02 Å². The van der Waals surface area contributed by atoms with Gasteiger partial charge in [0.1, 0.15) is 12.2 Å². The van der Waals surface area contributed by atoms with Gasteiger partial charge in [-0.3, -0.25) is 4.79 Å². The average Bonchev–Trinajstić information content (AvgIpc) is 3.20. The fraction of sp³-hybridized carbons (Fsp3) is 0.391. The highest BCUT2D eigenvalue weighted by Crippen LogP contribution is 2.32. The highest BCUT2D eigenvalue weighted by Gasteiger charge is 2.29. The maximum absolute atomic E-state index is 13.7. The summed E-state index contributed by atoms with van der Waals surface area (Å²) in [6.07, 6.45) is -0.0345. The number of anilines is 1. The first-order valence-electron chi connectivity index (χ1n) is 10.4. The Labute approximate surface area is 190 Å². The number of hydrogen-bond acceptors (Lipinski definition) is 6. The third-order valence-electron chi connectivity index (χ3n) is 5.49. The molecule has 1 aliphatic heterocycles. The zero-order valence-electron chi connectivity index (χ0n) is 18.1. The molecule has 1 fully saturated rings. The largest absolute Gasteiger partial charge is 0.493 e. The lowest BCUT2D eigenvalue weighted by Gasteiger charge is -2.36. The van der Waals surface area contributed by atoms with E-state index in [0.29, 0.717) is 46.2 Å². The highest BCUT2D eigenvalue weighted by molar-refractivity contribution is 6.30. The molecule has 3 atom stereocenters. The molecular formula is C23H25ClFN3O4. The number of aromatic nitrogens is 1. The number of nitrogens with zero attached hydrogens (tertiary/aromatic N) is 2. The van der Waals surface area contributed by atoms with Gasteiger partial charge in [0.2, 0.25) is 0 Å². The number of benzene rings is 2. The number of alkyl halides is 1. The van der Waals surface area contributed by atoms with Gasteiger partial charge in [0.25, 0.3) is 11.9 Å². The predicted octanol–water partition coefficient (Wildman–Crippen LogP) is 4.86. The van der Waals surface area contributed by atoms with Crippen molar-refractivity contribution in [3.8, 4) is 5.75 Å². The molecule has 4 rings (SSSR count). The minimum absolute atomic E-state index is 0.0345. The minimum atomic E-state index is -0.690. The van der Waals surface area contributed by atoms with E-state index in [1.54, 1.807) is 41.3 Å². The Morgan fingerprint density at radius 1 is 1.38 bits per heavy atom. The first-order valence-corrected chi connectivity index (χ1v) is 10.8. The van der Waals surface area contributed by atoms with E-state index in [4.69, 9.17) is 25.5 Å². The Hall–Kier alpha value is -2.84. The van der Waals surface area contributed by atoms with Crippen LogP contribution in [0.5, 0.6) is 5.75 Å². The number of halogens is 2. The molecule has 1 aromatic heterocycles. The zero-order chi connectivity index (χ0) is 22.8. The standard InChI is InChI=1S/C23H25ClFN3O4/c1-13-12-31-14(2)11-28(13)22(29)16-8-18-21(20(9-16)30-3)32-23(26-18)27-19(10-25)15-5-4-6-17(24)7-15/h4-9,13-14,19H,10-12H2,1-3H3,(H,26,27)/t13-,14?,19+/m1/s1. The molecule has 1 aliphatic rings. The van der Waals surface area contributed by atoms with Gasteiger partial charge in [-0.25, -0.2) is 4.39 Å². The number of nitrogens with one attached hydrogen (secondary N) is 1. The predicted molar refractivity (Wildman–Crippen MR) is 120 cm³/mol. The summed E-state index contributed by atoms with van der Waals surface area (Å²) >= 11 is 6.03. The number of fused-ring (bicyclic) bond motifs is 1. The molecule has 0 radical (unpaired) electrons. The van der Waals surface area contributed by atoms with E-state index in [-0.39, 0.29) is 24.1 Å². The van der Waals surface area contributed by atoms with Crippen LogP contribution < -0.4 is 10.1 Å². The van der Waals surface area contributed by atoms with Crippen LogP contribution in [-0.2, 0) is 4.74 Å². The van der Waals surface area contributed by atoms with Crippen LogP contribution in [0.3, 0.4) is 0 Å². The van der Waals surface area contributed by atoms with Crippen molar-refractivity contribution in [2.45, 2.75) is 32.0 Å². The Kier molecular flexibility index (Phi) is 6.53.